The number of hydrogen-bond acceptors (Lipinski definition) is 2. The first kappa shape index (κ1) is 5.82. The Labute approximate surface area is 52.8 Å². The third-order valence-electron chi connectivity index (χ3n) is 1.06. The van der Waals surface area contributed by atoms with Crippen molar-refractivity contribution in [2.45, 2.75) is 0 Å². The van der Waals surface area contributed by atoms with Crippen molar-refractivity contribution in [2.24, 2.45) is 0 Å². The summed E-state index contributed by atoms with van der Waals surface area (Å²) in [5.74, 6) is 0.0347. The minimum absolute atomic E-state index is 0.0347. The second-order valence-corrected chi connectivity index (χ2v) is 1.68. The number of carbonyl (C=O) groups excluding carboxylic acids is 1. The number of phenolic OH excluding ortho intramolecular Hbond substituents is 1. The Hall–Kier alpha value is -1.31. The van der Waals surface area contributed by atoms with E-state index in [4.69, 9.17) is 5.11 Å². The Balaban J connectivity index is 3.15. The molecule has 0 unspecified atom stereocenters. The van der Waals surface area contributed by atoms with Crippen LogP contribution in [0.25, 0.3) is 0 Å². The van der Waals surface area contributed by atoms with E-state index in [0.29, 0.717) is 11.8 Å². The van der Waals surface area contributed by atoms with Crippen LogP contribution < -0.4 is 0 Å². The van der Waals surface area contributed by atoms with Crippen LogP contribution in [0.1, 0.15) is 10.4 Å². The van der Waals surface area contributed by atoms with Gasteiger partial charge in [0.05, 0.1) is 5.56 Å². The van der Waals surface area contributed by atoms with E-state index in [0.717, 1.165) is 0 Å². The number of aldehydes is 1. The van der Waals surface area contributed by atoms with Gasteiger partial charge in [0.15, 0.2) is 6.29 Å². The molecule has 1 aromatic carbocycles. The third-order valence-corrected chi connectivity index (χ3v) is 1.06. The quantitative estimate of drug-likeness (QED) is 0.577. The molecule has 0 aliphatic heterocycles. The van der Waals surface area contributed by atoms with Gasteiger partial charge in [-0.3, -0.25) is 4.79 Å². The van der Waals surface area contributed by atoms with E-state index in [1.807, 2.05) is 0 Å². The molecule has 0 spiro atoms. The summed E-state index contributed by atoms with van der Waals surface area (Å²) in [6.07, 6.45) is 0.620. The zero-order valence-electron chi connectivity index (χ0n) is 4.74. The Morgan fingerprint density at radius 1 is 1.33 bits per heavy atom. The monoisotopic (exact) mass is 128 g/mol. The van der Waals surface area contributed by atoms with Crippen LogP contribution in [0.3, 0.4) is 0 Å². The second kappa shape index (κ2) is 2.31. The summed E-state index contributed by atoms with van der Waals surface area (Å²) in [5.41, 5.74) is 0.331. The molecule has 0 bridgehead atoms. The van der Waals surface area contributed by atoms with Crippen LogP contribution in [-0.4, -0.2) is 11.4 Å². The van der Waals surface area contributed by atoms with Crippen LogP contribution in [0.5, 0.6) is 5.75 Å². The molecule has 0 atom stereocenters. The van der Waals surface area contributed by atoms with Gasteiger partial charge in [-0.15, -0.1) is 0 Å². The van der Waals surface area contributed by atoms with Gasteiger partial charge in [0.1, 0.15) is 5.75 Å². The highest BCUT2D eigenvalue weighted by Crippen LogP contribution is 2.11. The summed E-state index contributed by atoms with van der Waals surface area (Å²) in [6, 6.07) is 6.40. The SMILES string of the molecule is O=C[13c]1[13cH][13cH][13cH][13cH][13c]1O. The standard InChI is InChI=1S/C7H6O2/c8-5-6-3-1-2-4-7(6)9/h1-5,9H/i1+1,2+1,3+1,4+1,6+1,7+1. The number of aromatic hydroxyl groups is 1. The molecule has 0 heterocycles. The predicted octanol–water partition coefficient (Wildman–Crippen LogP) is 1.20. The molecular weight excluding hydrogens is 122 g/mol. The first-order valence-electron chi connectivity index (χ1n) is 2.58. The fourth-order valence-electron chi connectivity index (χ4n) is 0.587. The summed E-state index contributed by atoms with van der Waals surface area (Å²) >= 11 is 0. The molecule has 0 fully saturated rings. The average Bonchev–Trinajstić information content (AvgIpc) is 1.89. The third kappa shape index (κ3) is 1.08. The molecule has 0 aliphatic carbocycles. The van der Waals surface area contributed by atoms with Gasteiger partial charge in [-0.25, -0.2) is 0 Å². The van der Waals surface area contributed by atoms with Crippen LogP contribution in [0, 0.1) is 0 Å². The fourth-order valence-corrected chi connectivity index (χ4v) is 0.587. The zero-order valence-corrected chi connectivity index (χ0v) is 4.74. The Bertz CT molecular complexity index is 218. The maximum atomic E-state index is 10.1. The predicted molar refractivity (Wildman–Crippen MR) is 33.5 cm³/mol. The lowest BCUT2D eigenvalue weighted by molar-refractivity contribution is 0.112. The van der Waals surface area contributed by atoms with Gasteiger partial charge >= 0.3 is 0 Å². The Kier molecular flexibility index (Phi) is 1.49. The highest BCUT2D eigenvalue weighted by Gasteiger charge is 1.93. The van der Waals surface area contributed by atoms with Gasteiger partial charge in [-0.05, 0) is 12.1 Å². The number of rotatable bonds is 1. The Morgan fingerprint density at radius 3 is 2.44 bits per heavy atom. The number of phenols is 1. The minimum Gasteiger partial charge on any atom is -0.507 e. The number of carbonyl (C=O) groups is 1. The summed E-state index contributed by atoms with van der Waals surface area (Å²) in [7, 11) is 0. The molecule has 0 amide bonds. The Morgan fingerprint density at radius 2 is 2.00 bits per heavy atom. The van der Waals surface area contributed by atoms with Crippen molar-refractivity contribution in [3.05, 3.63) is 29.8 Å². The minimum atomic E-state index is 0.0347. The van der Waals surface area contributed by atoms with Crippen LogP contribution in [-0.2, 0) is 0 Å². The van der Waals surface area contributed by atoms with E-state index in [9.17, 15) is 4.79 Å². The smallest absolute Gasteiger partial charge is 0.153 e. The zero-order chi connectivity index (χ0) is 6.69. The van der Waals surface area contributed by atoms with Gasteiger partial charge in [0.25, 0.3) is 0 Å². The van der Waals surface area contributed by atoms with E-state index >= 15 is 0 Å². The molecule has 2 nitrogen and oxygen atoms in total. The highest BCUT2D eigenvalue weighted by molar-refractivity contribution is 5.78. The van der Waals surface area contributed by atoms with Crippen molar-refractivity contribution < 1.29 is 9.90 Å². The van der Waals surface area contributed by atoms with Gasteiger partial charge in [0, 0.05) is 0 Å². The summed E-state index contributed by atoms with van der Waals surface area (Å²) in [6.45, 7) is 0. The van der Waals surface area contributed by atoms with Gasteiger partial charge < -0.3 is 5.11 Å². The molecule has 2 heteroatoms. The van der Waals surface area contributed by atoms with Crippen LogP contribution in [0.4, 0.5) is 0 Å². The van der Waals surface area contributed by atoms with Gasteiger partial charge in [-0.2, -0.15) is 0 Å². The summed E-state index contributed by atoms with van der Waals surface area (Å²) in [5, 5.41) is 8.88. The van der Waals surface area contributed by atoms with Crippen LogP contribution in [0.15, 0.2) is 24.3 Å². The second-order valence-electron chi connectivity index (χ2n) is 1.68. The van der Waals surface area contributed by atoms with Crippen LogP contribution >= 0.6 is 0 Å². The molecule has 0 radical (unpaired) electrons. The highest BCUT2D eigenvalue weighted by atomic mass is 16.3. The molecular formula is C7H6O2. The molecule has 1 rings (SSSR count). The van der Waals surface area contributed by atoms with Crippen molar-refractivity contribution in [2.75, 3.05) is 0 Å². The molecule has 46 valence electrons. The molecule has 9 heavy (non-hydrogen) atoms. The van der Waals surface area contributed by atoms with E-state index < -0.39 is 0 Å². The largest absolute Gasteiger partial charge is 0.507 e. The van der Waals surface area contributed by atoms with E-state index in [1.165, 1.54) is 6.07 Å². The number of para-hydroxylation sites is 1. The molecule has 1 N–H and O–H groups in total. The topological polar surface area (TPSA) is 37.3 Å². The van der Waals surface area contributed by atoms with E-state index in [1.54, 1.807) is 18.2 Å². The molecule has 0 saturated carbocycles. The summed E-state index contributed by atoms with van der Waals surface area (Å²) in [4.78, 5) is 10.1. The van der Waals surface area contributed by atoms with Crippen molar-refractivity contribution in [3.8, 4) is 5.75 Å². The lowest BCUT2D eigenvalue weighted by atomic mass is 11.0. The van der Waals surface area contributed by atoms with Crippen LogP contribution in [0.2, 0.25) is 0 Å². The number of benzene rings is 1. The van der Waals surface area contributed by atoms with Crippen molar-refractivity contribution in [1.82, 2.24) is 0 Å². The van der Waals surface area contributed by atoms with Crippen molar-refractivity contribution >= 4 is 6.29 Å². The lowest BCUT2D eigenvalue weighted by Crippen LogP contribution is -1.77. The lowest BCUT2D eigenvalue weighted by Gasteiger charge is -1.91. The number of hydrogen-bond donors (Lipinski definition) is 1. The molecule has 1 aromatic rings. The maximum Gasteiger partial charge on any atom is 0.153 e. The first-order valence-corrected chi connectivity index (χ1v) is 2.58. The van der Waals surface area contributed by atoms with Crippen molar-refractivity contribution in [3.63, 3.8) is 0 Å². The fraction of sp³-hybridized carbons (Fsp3) is 0. The molecule has 0 saturated heterocycles. The van der Waals surface area contributed by atoms with Gasteiger partial charge in [-0.1, -0.05) is 12.1 Å². The average molecular weight is 128 g/mol. The van der Waals surface area contributed by atoms with Crippen molar-refractivity contribution in [1.29, 1.82) is 0 Å². The molecule has 0 aliphatic rings. The maximum absolute atomic E-state index is 10.1. The summed E-state index contributed by atoms with van der Waals surface area (Å²) < 4.78 is 0. The first-order chi connectivity index (χ1) is 4.34. The van der Waals surface area contributed by atoms with Gasteiger partial charge in [0.2, 0.25) is 0 Å². The van der Waals surface area contributed by atoms with E-state index in [2.05, 4.69) is 0 Å². The molecule has 0 aromatic heterocycles. The normalized spacial score (nSPS) is 8.89. The van der Waals surface area contributed by atoms with E-state index in [-0.39, 0.29) is 5.75 Å².